The lowest BCUT2D eigenvalue weighted by molar-refractivity contribution is -0.124. The van der Waals surface area contributed by atoms with Crippen LogP contribution in [-0.4, -0.2) is 32.5 Å². The van der Waals surface area contributed by atoms with Crippen LogP contribution in [0.2, 0.25) is 0 Å². The highest BCUT2D eigenvalue weighted by atomic mass is 16.5. The molecule has 0 bridgehead atoms. The Bertz CT molecular complexity index is 447. The fourth-order valence-corrected chi connectivity index (χ4v) is 1.57. The number of primary amides is 1. The Balaban J connectivity index is 3.23. The molecule has 104 valence electrons. The van der Waals surface area contributed by atoms with Crippen molar-refractivity contribution in [3.8, 4) is 17.2 Å². The van der Waals surface area contributed by atoms with Crippen LogP contribution in [0.5, 0.6) is 17.2 Å². The van der Waals surface area contributed by atoms with E-state index in [-0.39, 0.29) is 5.75 Å². The zero-order valence-electron chi connectivity index (χ0n) is 11.1. The summed E-state index contributed by atoms with van der Waals surface area (Å²) < 4.78 is 15.8. The standard InChI is InChI=1S/C13H17NO5/c1-4-9(13(14)16)19-12-10(17-2)5-8(7-15)6-11(12)18-3/h5-7,9H,4H2,1-3H3,(H2,14,16). The first kappa shape index (κ1) is 14.8. The van der Waals surface area contributed by atoms with Gasteiger partial charge in [-0.2, -0.15) is 0 Å². The van der Waals surface area contributed by atoms with Crippen molar-refractivity contribution in [1.29, 1.82) is 0 Å². The normalized spacial score (nSPS) is 11.5. The van der Waals surface area contributed by atoms with Crippen LogP contribution in [0.15, 0.2) is 12.1 Å². The molecule has 1 unspecified atom stereocenters. The molecule has 0 radical (unpaired) electrons. The van der Waals surface area contributed by atoms with E-state index in [9.17, 15) is 9.59 Å². The minimum atomic E-state index is -0.787. The second kappa shape index (κ2) is 6.63. The van der Waals surface area contributed by atoms with Crippen molar-refractivity contribution >= 4 is 12.2 Å². The molecule has 2 N–H and O–H groups in total. The highest BCUT2D eigenvalue weighted by Crippen LogP contribution is 2.39. The van der Waals surface area contributed by atoms with Crippen molar-refractivity contribution < 1.29 is 23.8 Å². The summed E-state index contributed by atoms with van der Waals surface area (Å²) in [4.78, 5) is 22.0. The highest BCUT2D eigenvalue weighted by Gasteiger charge is 2.21. The van der Waals surface area contributed by atoms with Crippen LogP contribution in [0.4, 0.5) is 0 Å². The van der Waals surface area contributed by atoms with Gasteiger partial charge in [-0.25, -0.2) is 0 Å². The Morgan fingerprint density at radius 2 is 1.84 bits per heavy atom. The molecule has 0 spiro atoms. The Morgan fingerprint density at radius 3 is 2.16 bits per heavy atom. The first-order valence-electron chi connectivity index (χ1n) is 5.74. The van der Waals surface area contributed by atoms with Gasteiger partial charge in [0.05, 0.1) is 14.2 Å². The van der Waals surface area contributed by atoms with Gasteiger partial charge >= 0.3 is 0 Å². The van der Waals surface area contributed by atoms with E-state index in [2.05, 4.69) is 0 Å². The lowest BCUT2D eigenvalue weighted by atomic mass is 10.2. The van der Waals surface area contributed by atoms with Gasteiger partial charge in [0.2, 0.25) is 5.75 Å². The molecule has 0 fully saturated rings. The van der Waals surface area contributed by atoms with E-state index in [1.54, 1.807) is 6.92 Å². The third-order valence-electron chi connectivity index (χ3n) is 2.57. The molecular formula is C13H17NO5. The van der Waals surface area contributed by atoms with Crippen molar-refractivity contribution in [3.63, 3.8) is 0 Å². The number of benzene rings is 1. The topological polar surface area (TPSA) is 87.8 Å². The van der Waals surface area contributed by atoms with Crippen LogP contribution >= 0.6 is 0 Å². The summed E-state index contributed by atoms with van der Waals surface area (Å²) in [5.74, 6) is 0.287. The molecule has 6 heteroatoms. The summed E-state index contributed by atoms with van der Waals surface area (Å²) in [5.41, 5.74) is 5.62. The number of aldehydes is 1. The Labute approximate surface area is 111 Å². The molecule has 0 aromatic heterocycles. The average molecular weight is 267 g/mol. The van der Waals surface area contributed by atoms with Gasteiger partial charge in [-0.1, -0.05) is 6.92 Å². The van der Waals surface area contributed by atoms with Gasteiger partial charge in [-0.3, -0.25) is 9.59 Å². The number of carbonyl (C=O) groups excluding carboxylic acids is 2. The minimum absolute atomic E-state index is 0.251. The van der Waals surface area contributed by atoms with E-state index >= 15 is 0 Å². The van der Waals surface area contributed by atoms with Gasteiger partial charge in [0.15, 0.2) is 17.6 Å². The first-order chi connectivity index (χ1) is 9.07. The molecule has 0 saturated carbocycles. The van der Waals surface area contributed by atoms with Gasteiger partial charge in [-0.15, -0.1) is 0 Å². The third kappa shape index (κ3) is 3.37. The quantitative estimate of drug-likeness (QED) is 0.749. The molecule has 1 amide bonds. The Hall–Kier alpha value is -2.24. The molecule has 1 aromatic rings. The van der Waals surface area contributed by atoms with Crippen molar-refractivity contribution in [3.05, 3.63) is 17.7 Å². The fourth-order valence-electron chi connectivity index (χ4n) is 1.57. The maximum Gasteiger partial charge on any atom is 0.258 e. The summed E-state index contributed by atoms with van der Waals surface area (Å²) in [6.45, 7) is 1.77. The molecule has 1 rings (SSSR count). The van der Waals surface area contributed by atoms with Gasteiger partial charge in [0, 0.05) is 5.56 Å². The molecule has 1 aromatic carbocycles. The van der Waals surface area contributed by atoms with Crippen LogP contribution in [0, 0.1) is 0 Å². The van der Waals surface area contributed by atoms with E-state index in [0.717, 1.165) is 0 Å². The molecule has 0 aliphatic heterocycles. The van der Waals surface area contributed by atoms with E-state index in [4.69, 9.17) is 19.9 Å². The molecule has 0 saturated heterocycles. The maximum atomic E-state index is 11.2. The Morgan fingerprint density at radius 1 is 1.32 bits per heavy atom. The van der Waals surface area contributed by atoms with Crippen molar-refractivity contribution in [2.24, 2.45) is 5.73 Å². The van der Waals surface area contributed by atoms with Crippen molar-refractivity contribution in [1.82, 2.24) is 0 Å². The zero-order chi connectivity index (χ0) is 14.4. The largest absolute Gasteiger partial charge is 0.493 e. The zero-order valence-corrected chi connectivity index (χ0v) is 11.1. The number of methoxy groups -OCH3 is 2. The predicted octanol–water partition coefficient (Wildman–Crippen LogP) is 1.16. The number of nitrogens with two attached hydrogens (primary N) is 1. The summed E-state index contributed by atoms with van der Waals surface area (Å²) in [5, 5.41) is 0. The van der Waals surface area contributed by atoms with E-state index in [1.165, 1.54) is 26.4 Å². The number of rotatable bonds is 7. The summed E-state index contributed by atoms with van der Waals surface area (Å²) in [6.07, 6.45) is 0.293. The van der Waals surface area contributed by atoms with Gasteiger partial charge in [-0.05, 0) is 18.6 Å². The minimum Gasteiger partial charge on any atom is -0.493 e. The molecule has 0 heterocycles. The number of hydrogen-bond acceptors (Lipinski definition) is 5. The van der Waals surface area contributed by atoms with Crippen molar-refractivity contribution in [2.75, 3.05) is 14.2 Å². The number of ether oxygens (including phenoxy) is 3. The predicted molar refractivity (Wildman–Crippen MR) is 68.8 cm³/mol. The molecule has 1 atom stereocenters. The lowest BCUT2D eigenvalue weighted by Crippen LogP contribution is -2.33. The summed E-state index contributed by atoms with van der Waals surface area (Å²) in [6, 6.07) is 3.00. The van der Waals surface area contributed by atoms with Crippen molar-refractivity contribution in [2.45, 2.75) is 19.4 Å². The van der Waals surface area contributed by atoms with Gasteiger partial charge in [0.1, 0.15) is 6.29 Å². The monoisotopic (exact) mass is 267 g/mol. The van der Waals surface area contributed by atoms with Crippen LogP contribution in [0.25, 0.3) is 0 Å². The number of hydrogen-bond donors (Lipinski definition) is 1. The average Bonchev–Trinajstić information content (AvgIpc) is 2.43. The smallest absolute Gasteiger partial charge is 0.258 e. The second-order valence-corrected chi connectivity index (χ2v) is 3.79. The molecule has 0 aliphatic rings. The number of amides is 1. The fraction of sp³-hybridized carbons (Fsp3) is 0.385. The van der Waals surface area contributed by atoms with E-state index in [1.807, 2.05) is 0 Å². The van der Waals surface area contributed by atoms with Crippen LogP contribution in [0.3, 0.4) is 0 Å². The van der Waals surface area contributed by atoms with E-state index in [0.29, 0.717) is 29.8 Å². The maximum absolute atomic E-state index is 11.2. The SMILES string of the molecule is CCC(Oc1c(OC)cc(C=O)cc1OC)C(N)=O. The molecule has 19 heavy (non-hydrogen) atoms. The van der Waals surface area contributed by atoms with Crippen LogP contribution < -0.4 is 19.9 Å². The van der Waals surface area contributed by atoms with Crippen LogP contribution in [-0.2, 0) is 4.79 Å². The molecule has 0 aliphatic carbocycles. The van der Waals surface area contributed by atoms with Gasteiger partial charge < -0.3 is 19.9 Å². The number of carbonyl (C=O) groups is 2. The van der Waals surface area contributed by atoms with E-state index < -0.39 is 12.0 Å². The second-order valence-electron chi connectivity index (χ2n) is 3.79. The third-order valence-corrected chi connectivity index (χ3v) is 2.57. The summed E-state index contributed by atoms with van der Waals surface area (Å²) in [7, 11) is 2.86. The first-order valence-corrected chi connectivity index (χ1v) is 5.74. The van der Waals surface area contributed by atoms with Gasteiger partial charge in [0.25, 0.3) is 5.91 Å². The summed E-state index contributed by atoms with van der Waals surface area (Å²) >= 11 is 0. The highest BCUT2D eigenvalue weighted by molar-refractivity contribution is 5.80. The Kier molecular flexibility index (Phi) is 5.17. The molecule has 6 nitrogen and oxygen atoms in total. The van der Waals surface area contributed by atoms with Crippen LogP contribution in [0.1, 0.15) is 23.7 Å². The lowest BCUT2D eigenvalue weighted by Gasteiger charge is -2.19. The molecular weight excluding hydrogens is 250 g/mol.